The number of para-hydroxylation sites is 1. The maximum Gasteiger partial charge on any atom is 0.296 e. The van der Waals surface area contributed by atoms with Gasteiger partial charge in [-0.25, -0.2) is 4.98 Å². The lowest BCUT2D eigenvalue weighted by Gasteiger charge is -2.24. The third kappa shape index (κ3) is 2.69. The third-order valence-electron chi connectivity index (χ3n) is 5.35. The zero-order chi connectivity index (χ0) is 20.8. The molecule has 0 aliphatic carbocycles. The minimum absolute atomic E-state index is 0.0573. The summed E-state index contributed by atoms with van der Waals surface area (Å²) in [6.07, 6.45) is 1.70. The monoisotopic (exact) mass is 398 g/mol. The number of carbonyl (C=O) groups excluding carboxylic acids is 1. The van der Waals surface area contributed by atoms with Crippen LogP contribution in [0.4, 0.5) is 5.82 Å². The van der Waals surface area contributed by atoms with Crippen molar-refractivity contribution in [1.29, 1.82) is 0 Å². The number of benzene rings is 2. The molecule has 3 heterocycles. The summed E-state index contributed by atoms with van der Waals surface area (Å²) in [6.45, 7) is 1.93. The van der Waals surface area contributed by atoms with Crippen molar-refractivity contribution in [2.45, 2.75) is 13.0 Å². The number of aromatic nitrogens is 1. The van der Waals surface area contributed by atoms with Crippen molar-refractivity contribution in [3.63, 3.8) is 0 Å². The molecule has 30 heavy (non-hydrogen) atoms. The fourth-order valence-corrected chi connectivity index (χ4v) is 3.86. The standard InChI is InChI=1S/C24H18N2O4/c1-14-7-12-19(25-13-14)26-21(15-8-10-16(29-2)11-9-15)20-22(27)17-5-3-4-6-18(17)30-23(20)24(26)28/h3-13,21H,1-2H3/t21-/m1/s1. The van der Waals surface area contributed by atoms with Crippen molar-refractivity contribution in [1.82, 2.24) is 4.98 Å². The number of ether oxygens (including phenoxy) is 1. The van der Waals surface area contributed by atoms with E-state index in [4.69, 9.17) is 9.15 Å². The highest BCUT2D eigenvalue weighted by Crippen LogP contribution is 2.40. The van der Waals surface area contributed by atoms with Gasteiger partial charge in [0.1, 0.15) is 17.2 Å². The summed E-state index contributed by atoms with van der Waals surface area (Å²) in [5, 5.41) is 0.446. The summed E-state index contributed by atoms with van der Waals surface area (Å²) in [7, 11) is 1.59. The zero-order valence-electron chi connectivity index (χ0n) is 16.5. The molecule has 1 aliphatic rings. The molecule has 1 atom stereocenters. The van der Waals surface area contributed by atoms with Crippen LogP contribution in [0.25, 0.3) is 11.0 Å². The van der Waals surface area contributed by atoms with Crippen LogP contribution in [0.15, 0.2) is 76.1 Å². The first-order chi connectivity index (χ1) is 14.6. The first-order valence-corrected chi connectivity index (χ1v) is 9.54. The fraction of sp³-hybridized carbons (Fsp3) is 0.125. The Morgan fingerprint density at radius 2 is 1.77 bits per heavy atom. The van der Waals surface area contributed by atoms with Crippen LogP contribution in [0.5, 0.6) is 5.75 Å². The highest BCUT2D eigenvalue weighted by molar-refractivity contribution is 6.10. The molecule has 0 N–H and O–H groups in total. The summed E-state index contributed by atoms with van der Waals surface area (Å²) in [4.78, 5) is 32.8. The summed E-state index contributed by atoms with van der Waals surface area (Å²) in [5.41, 5.74) is 2.25. The quantitative estimate of drug-likeness (QED) is 0.516. The van der Waals surface area contributed by atoms with E-state index in [9.17, 15) is 9.59 Å². The van der Waals surface area contributed by atoms with Crippen molar-refractivity contribution in [3.05, 3.63) is 99.5 Å². The molecular formula is C24H18N2O4. The predicted octanol–water partition coefficient (Wildman–Crippen LogP) is 4.25. The van der Waals surface area contributed by atoms with Gasteiger partial charge in [-0.05, 0) is 48.4 Å². The van der Waals surface area contributed by atoms with Crippen molar-refractivity contribution in [2.75, 3.05) is 12.0 Å². The number of amides is 1. The largest absolute Gasteiger partial charge is 0.497 e. The van der Waals surface area contributed by atoms with Gasteiger partial charge in [0.25, 0.3) is 5.91 Å². The molecule has 2 aromatic carbocycles. The van der Waals surface area contributed by atoms with Gasteiger partial charge in [-0.1, -0.05) is 30.3 Å². The van der Waals surface area contributed by atoms with Crippen LogP contribution < -0.4 is 15.1 Å². The van der Waals surface area contributed by atoms with Gasteiger partial charge in [0, 0.05) is 6.20 Å². The lowest BCUT2D eigenvalue weighted by Crippen LogP contribution is -2.30. The molecule has 0 spiro atoms. The van der Waals surface area contributed by atoms with Crippen LogP contribution in [0.3, 0.4) is 0 Å². The fourth-order valence-electron chi connectivity index (χ4n) is 3.86. The molecule has 0 saturated carbocycles. The number of hydrogen-bond donors (Lipinski definition) is 0. The van der Waals surface area contributed by atoms with Crippen LogP contribution in [0, 0.1) is 6.92 Å². The molecule has 2 aromatic heterocycles. The van der Waals surface area contributed by atoms with Gasteiger partial charge >= 0.3 is 0 Å². The van der Waals surface area contributed by atoms with Gasteiger partial charge in [0.15, 0.2) is 5.43 Å². The molecule has 0 unspecified atom stereocenters. The van der Waals surface area contributed by atoms with Crippen LogP contribution in [-0.4, -0.2) is 18.0 Å². The molecule has 1 aliphatic heterocycles. The third-order valence-corrected chi connectivity index (χ3v) is 5.35. The minimum atomic E-state index is -0.644. The predicted molar refractivity (Wildman–Crippen MR) is 113 cm³/mol. The molecule has 148 valence electrons. The first kappa shape index (κ1) is 18.1. The smallest absolute Gasteiger partial charge is 0.296 e. The number of pyridine rings is 1. The second-order valence-corrected chi connectivity index (χ2v) is 7.21. The van der Waals surface area contributed by atoms with Gasteiger partial charge in [-0.3, -0.25) is 14.5 Å². The Morgan fingerprint density at radius 3 is 2.47 bits per heavy atom. The maximum atomic E-state index is 13.4. The Labute approximate surface area is 172 Å². The number of hydrogen-bond acceptors (Lipinski definition) is 5. The number of fused-ring (bicyclic) bond motifs is 2. The van der Waals surface area contributed by atoms with E-state index in [1.165, 1.54) is 4.90 Å². The lowest BCUT2D eigenvalue weighted by molar-refractivity contribution is 0.0970. The Kier molecular flexibility index (Phi) is 4.13. The van der Waals surface area contributed by atoms with E-state index in [0.29, 0.717) is 28.1 Å². The van der Waals surface area contributed by atoms with Gasteiger partial charge in [0.05, 0.1) is 24.1 Å². The zero-order valence-corrected chi connectivity index (χ0v) is 16.5. The topological polar surface area (TPSA) is 72.6 Å². The Morgan fingerprint density at radius 1 is 1.00 bits per heavy atom. The second-order valence-electron chi connectivity index (χ2n) is 7.21. The van der Waals surface area contributed by atoms with Crippen LogP contribution in [0.2, 0.25) is 0 Å². The number of anilines is 1. The molecule has 0 fully saturated rings. The summed E-state index contributed by atoms with van der Waals surface area (Å²) < 4.78 is 11.2. The normalized spacial score (nSPS) is 15.5. The Hall–Kier alpha value is -3.93. The van der Waals surface area contributed by atoms with Crippen LogP contribution >= 0.6 is 0 Å². The van der Waals surface area contributed by atoms with Gasteiger partial charge < -0.3 is 9.15 Å². The average Bonchev–Trinajstić information content (AvgIpc) is 3.07. The first-order valence-electron chi connectivity index (χ1n) is 9.54. The molecule has 6 heteroatoms. The molecule has 0 radical (unpaired) electrons. The Balaban J connectivity index is 1.78. The van der Waals surface area contributed by atoms with Crippen LogP contribution in [0.1, 0.15) is 33.3 Å². The van der Waals surface area contributed by atoms with E-state index >= 15 is 0 Å². The molecule has 1 amide bonds. The highest BCUT2D eigenvalue weighted by atomic mass is 16.5. The number of nitrogens with zero attached hydrogens (tertiary/aromatic N) is 2. The molecule has 4 aromatic rings. The molecule has 0 saturated heterocycles. The summed E-state index contributed by atoms with van der Waals surface area (Å²) in [5.74, 6) is 0.821. The summed E-state index contributed by atoms with van der Waals surface area (Å²) >= 11 is 0. The molecule has 6 nitrogen and oxygen atoms in total. The Bertz CT molecular complexity index is 1320. The number of aryl methyl sites for hydroxylation is 1. The number of methoxy groups -OCH3 is 1. The van der Waals surface area contributed by atoms with E-state index in [1.807, 2.05) is 25.1 Å². The highest BCUT2D eigenvalue weighted by Gasteiger charge is 2.44. The van der Waals surface area contributed by atoms with E-state index in [0.717, 1.165) is 11.1 Å². The van der Waals surface area contributed by atoms with Gasteiger partial charge in [0.2, 0.25) is 5.76 Å². The number of rotatable bonds is 3. The van der Waals surface area contributed by atoms with E-state index in [1.54, 1.807) is 55.8 Å². The number of carbonyl (C=O) groups is 1. The molecule has 5 rings (SSSR count). The van der Waals surface area contributed by atoms with Crippen molar-refractivity contribution in [3.8, 4) is 5.75 Å². The minimum Gasteiger partial charge on any atom is -0.497 e. The van der Waals surface area contributed by atoms with Crippen molar-refractivity contribution in [2.24, 2.45) is 0 Å². The van der Waals surface area contributed by atoms with Gasteiger partial charge in [-0.2, -0.15) is 0 Å². The lowest BCUT2D eigenvalue weighted by atomic mass is 9.98. The SMILES string of the molecule is COc1ccc([C@@H]2c3c(oc4ccccc4c3=O)C(=O)N2c2ccc(C)cn2)cc1. The maximum absolute atomic E-state index is 13.4. The van der Waals surface area contributed by atoms with Crippen molar-refractivity contribution >= 4 is 22.7 Å². The van der Waals surface area contributed by atoms with E-state index < -0.39 is 6.04 Å². The molecular weight excluding hydrogens is 380 g/mol. The molecule has 0 bridgehead atoms. The summed E-state index contributed by atoms with van der Waals surface area (Å²) in [6, 6.07) is 17.3. The van der Waals surface area contributed by atoms with Gasteiger partial charge in [-0.15, -0.1) is 0 Å². The van der Waals surface area contributed by atoms with Crippen LogP contribution in [-0.2, 0) is 0 Å². The van der Waals surface area contributed by atoms with E-state index in [-0.39, 0.29) is 17.1 Å². The average molecular weight is 398 g/mol. The van der Waals surface area contributed by atoms with Crippen molar-refractivity contribution < 1.29 is 13.9 Å². The van der Waals surface area contributed by atoms with E-state index in [2.05, 4.69) is 4.98 Å². The second kappa shape index (κ2) is 6.84.